The summed E-state index contributed by atoms with van der Waals surface area (Å²) in [6.45, 7) is 0.650. The van der Waals surface area contributed by atoms with Crippen molar-refractivity contribution >= 4 is 23.7 Å². The normalized spacial score (nSPS) is 11.6. The van der Waals surface area contributed by atoms with Crippen LogP contribution in [0.2, 0.25) is 0 Å². The van der Waals surface area contributed by atoms with Crippen LogP contribution in [0.15, 0.2) is 76.8 Å². The maximum Gasteiger partial charge on any atom is 0.250 e. The first kappa shape index (κ1) is 19.1. The Labute approximate surface area is 154 Å². The Morgan fingerprint density at radius 2 is 1.68 bits per heavy atom. The summed E-state index contributed by atoms with van der Waals surface area (Å²) < 4.78 is 5.70. The molecule has 132 valence electrons. The van der Waals surface area contributed by atoms with Crippen molar-refractivity contribution in [3.05, 3.63) is 72.3 Å². The van der Waals surface area contributed by atoms with Crippen LogP contribution in [0.1, 0.15) is 24.8 Å². The summed E-state index contributed by atoms with van der Waals surface area (Å²) in [6, 6.07) is 20.6. The van der Waals surface area contributed by atoms with Gasteiger partial charge in [-0.2, -0.15) is 0 Å². The van der Waals surface area contributed by atoms with Gasteiger partial charge in [0.2, 0.25) is 5.90 Å². The zero-order valence-corrected chi connectivity index (χ0v) is 15.5. The molecule has 0 aliphatic rings. The smallest absolute Gasteiger partial charge is 0.250 e. The van der Waals surface area contributed by atoms with Crippen LogP contribution in [0.4, 0.5) is 0 Å². The highest BCUT2D eigenvalue weighted by molar-refractivity contribution is 7.99. The first-order valence-corrected chi connectivity index (χ1v) is 9.52. The van der Waals surface area contributed by atoms with Gasteiger partial charge in [0.15, 0.2) is 0 Å². The second kappa shape index (κ2) is 12.2. The lowest BCUT2D eigenvalue weighted by Crippen LogP contribution is -2.04. The second-order valence-corrected chi connectivity index (χ2v) is 6.60. The maximum absolute atomic E-state index is 5.70. The van der Waals surface area contributed by atoms with E-state index in [1.54, 1.807) is 0 Å². The van der Waals surface area contributed by atoms with E-state index in [1.807, 2.05) is 60.3 Å². The minimum atomic E-state index is 0.505. The van der Waals surface area contributed by atoms with Gasteiger partial charge >= 0.3 is 0 Å². The fourth-order valence-electron chi connectivity index (χ4n) is 2.19. The predicted octanol–water partition coefficient (Wildman–Crippen LogP) is 5.64. The van der Waals surface area contributed by atoms with E-state index in [0.717, 1.165) is 24.2 Å². The van der Waals surface area contributed by atoms with E-state index in [2.05, 4.69) is 29.4 Å². The SMILES string of the molecule is CO/N=C(/C=C/c1ccccc1)OCCCCCSc1ccccc1. The molecule has 0 spiro atoms. The molecule has 0 aliphatic heterocycles. The molecule has 0 aromatic heterocycles. The summed E-state index contributed by atoms with van der Waals surface area (Å²) in [7, 11) is 1.53. The maximum atomic E-state index is 5.70. The van der Waals surface area contributed by atoms with Crippen LogP contribution in [0.25, 0.3) is 6.08 Å². The van der Waals surface area contributed by atoms with Gasteiger partial charge in [-0.15, -0.1) is 11.8 Å². The third kappa shape index (κ3) is 8.45. The molecule has 0 unspecified atom stereocenters. The molecule has 0 saturated carbocycles. The molecule has 0 saturated heterocycles. The zero-order valence-electron chi connectivity index (χ0n) is 14.6. The number of hydrogen-bond donors (Lipinski definition) is 0. The Morgan fingerprint density at radius 1 is 0.960 bits per heavy atom. The van der Waals surface area contributed by atoms with Crippen LogP contribution in [-0.2, 0) is 9.57 Å². The standard InChI is InChI=1S/C21H25NO2S/c1-23-22-21(16-15-19-11-5-2-6-12-19)24-17-9-4-10-18-25-20-13-7-3-8-14-20/h2-3,5-8,11-16H,4,9-10,17-18H2,1H3/b16-15+,22-21-. The van der Waals surface area contributed by atoms with E-state index in [1.165, 1.54) is 18.4 Å². The van der Waals surface area contributed by atoms with E-state index in [9.17, 15) is 0 Å². The van der Waals surface area contributed by atoms with Crippen LogP contribution in [0.5, 0.6) is 0 Å². The number of rotatable bonds is 10. The Morgan fingerprint density at radius 3 is 2.40 bits per heavy atom. The van der Waals surface area contributed by atoms with Gasteiger partial charge in [0.05, 0.1) is 6.61 Å². The number of oxime groups is 1. The molecule has 25 heavy (non-hydrogen) atoms. The van der Waals surface area contributed by atoms with Crippen molar-refractivity contribution in [2.45, 2.75) is 24.2 Å². The zero-order chi connectivity index (χ0) is 17.6. The Kier molecular flexibility index (Phi) is 9.34. The van der Waals surface area contributed by atoms with Crippen molar-refractivity contribution < 1.29 is 9.57 Å². The molecule has 0 N–H and O–H groups in total. The largest absolute Gasteiger partial charge is 0.476 e. The fourth-order valence-corrected chi connectivity index (χ4v) is 3.12. The molecule has 0 aliphatic carbocycles. The molecule has 0 amide bonds. The van der Waals surface area contributed by atoms with Gasteiger partial charge < -0.3 is 9.57 Å². The van der Waals surface area contributed by atoms with Crippen molar-refractivity contribution in [1.82, 2.24) is 0 Å². The first-order valence-electron chi connectivity index (χ1n) is 8.53. The Balaban J connectivity index is 1.61. The molecule has 3 nitrogen and oxygen atoms in total. The average molecular weight is 356 g/mol. The highest BCUT2D eigenvalue weighted by Crippen LogP contribution is 2.18. The van der Waals surface area contributed by atoms with Gasteiger partial charge in [-0.1, -0.05) is 48.5 Å². The summed E-state index contributed by atoms with van der Waals surface area (Å²) in [4.78, 5) is 6.18. The minimum Gasteiger partial charge on any atom is -0.476 e. The minimum absolute atomic E-state index is 0.505. The monoisotopic (exact) mass is 355 g/mol. The summed E-state index contributed by atoms with van der Waals surface area (Å²) in [5.74, 6) is 1.64. The molecule has 2 rings (SSSR count). The lowest BCUT2D eigenvalue weighted by atomic mass is 10.2. The summed E-state index contributed by atoms with van der Waals surface area (Å²) in [6.07, 6.45) is 7.14. The number of hydrogen-bond acceptors (Lipinski definition) is 4. The highest BCUT2D eigenvalue weighted by Gasteiger charge is 1.98. The van der Waals surface area contributed by atoms with E-state index >= 15 is 0 Å². The molecule has 0 heterocycles. The molecule has 2 aromatic rings. The summed E-state index contributed by atoms with van der Waals surface area (Å²) >= 11 is 1.90. The topological polar surface area (TPSA) is 30.8 Å². The second-order valence-electron chi connectivity index (χ2n) is 5.43. The summed E-state index contributed by atoms with van der Waals surface area (Å²) in [5, 5.41) is 3.92. The van der Waals surface area contributed by atoms with Crippen LogP contribution >= 0.6 is 11.8 Å². The van der Waals surface area contributed by atoms with E-state index in [-0.39, 0.29) is 0 Å². The van der Waals surface area contributed by atoms with Crippen molar-refractivity contribution in [3.8, 4) is 0 Å². The molecule has 0 bridgehead atoms. The molecule has 2 aromatic carbocycles. The average Bonchev–Trinajstić information content (AvgIpc) is 2.67. The molecule has 4 heteroatoms. The van der Waals surface area contributed by atoms with Crippen molar-refractivity contribution in [3.63, 3.8) is 0 Å². The van der Waals surface area contributed by atoms with Gasteiger partial charge in [-0.25, -0.2) is 0 Å². The number of unbranched alkanes of at least 4 members (excludes halogenated alkanes) is 2. The van der Waals surface area contributed by atoms with Gasteiger partial charge in [0, 0.05) is 11.0 Å². The lowest BCUT2D eigenvalue weighted by molar-refractivity contribution is 0.191. The number of ether oxygens (including phenoxy) is 1. The van der Waals surface area contributed by atoms with Crippen LogP contribution in [-0.4, -0.2) is 25.4 Å². The third-order valence-corrected chi connectivity index (χ3v) is 4.55. The van der Waals surface area contributed by atoms with Crippen LogP contribution < -0.4 is 0 Å². The molecular formula is C21H25NO2S. The van der Waals surface area contributed by atoms with E-state index in [4.69, 9.17) is 9.57 Å². The number of nitrogens with zero attached hydrogens (tertiary/aromatic N) is 1. The number of benzene rings is 2. The molecule has 0 atom stereocenters. The lowest BCUT2D eigenvalue weighted by Gasteiger charge is -2.05. The van der Waals surface area contributed by atoms with Gasteiger partial charge in [-0.3, -0.25) is 0 Å². The highest BCUT2D eigenvalue weighted by atomic mass is 32.2. The third-order valence-electron chi connectivity index (χ3n) is 3.45. The Hall–Kier alpha value is -2.20. The predicted molar refractivity (Wildman–Crippen MR) is 107 cm³/mol. The van der Waals surface area contributed by atoms with Crippen molar-refractivity contribution in [2.75, 3.05) is 19.5 Å². The van der Waals surface area contributed by atoms with Crippen molar-refractivity contribution in [2.24, 2.45) is 5.16 Å². The van der Waals surface area contributed by atoms with E-state index < -0.39 is 0 Å². The van der Waals surface area contributed by atoms with Gasteiger partial charge in [-0.05, 0) is 53.9 Å². The molecule has 0 radical (unpaired) electrons. The van der Waals surface area contributed by atoms with E-state index in [0.29, 0.717) is 12.5 Å². The summed E-state index contributed by atoms with van der Waals surface area (Å²) in [5.41, 5.74) is 1.10. The fraction of sp³-hybridized carbons (Fsp3) is 0.286. The van der Waals surface area contributed by atoms with Crippen molar-refractivity contribution in [1.29, 1.82) is 0 Å². The van der Waals surface area contributed by atoms with Gasteiger partial charge in [0.1, 0.15) is 7.11 Å². The number of thioether (sulfide) groups is 1. The van der Waals surface area contributed by atoms with Crippen LogP contribution in [0.3, 0.4) is 0 Å². The Bertz CT molecular complexity index is 641. The van der Waals surface area contributed by atoms with Crippen LogP contribution in [0, 0.1) is 0 Å². The first-order chi connectivity index (χ1) is 12.4. The molecular weight excluding hydrogens is 330 g/mol. The quantitative estimate of drug-likeness (QED) is 0.182. The molecule has 0 fully saturated rings. The van der Waals surface area contributed by atoms with Gasteiger partial charge in [0.25, 0.3) is 0 Å².